The van der Waals surface area contributed by atoms with E-state index in [9.17, 15) is 4.79 Å². The molecule has 1 aromatic carbocycles. The number of nitrogens with zero attached hydrogens (tertiary/aromatic N) is 1. The molecule has 0 unspecified atom stereocenters. The Hall–Kier alpha value is -1.72. The summed E-state index contributed by atoms with van der Waals surface area (Å²) in [6, 6.07) is 7.61. The van der Waals surface area contributed by atoms with E-state index in [1.165, 1.54) is 0 Å². The highest BCUT2D eigenvalue weighted by molar-refractivity contribution is 7.09. The number of hydrogen-bond acceptors (Lipinski definition) is 4. The third kappa shape index (κ3) is 4.15. The molecule has 0 atom stereocenters. The number of carboxylic acids is 1. The molecule has 2 aromatic rings. The van der Waals surface area contributed by atoms with E-state index in [4.69, 9.17) is 5.11 Å². The maximum absolute atomic E-state index is 10.8. The molecular formula is C14H16N2O2S. The van der Waals surface area contributed by atoms with Gasteiger partial charge in [0.05, 0.1) is 17.1 Å². The molecular weight excluding hydrogens is 260 g/mol. The Kier molecular flexibility index (Phi) is 4.65. The number of hydrogen-bond donors (Lipinski definition) is 2. The molecule has 0 aliphatic heterocycles. The lowest BCUT2D eigenvalue weighted by atomic mass is 10.0. The highest BCUT2D eigenvalue weighted by atomic mass is 32.1. The second-order valence-electron chi connectivity index (χ2n) is 4.30. The summed E-state index contributed by atoms with van der Waals surface area (Å²) in [6.45, 7) is 3.34. The van der Waals surface area contributed by atoms with Crippen molar-refractivity contribution in [2.75, 3.05) is 0 Å². The molecule has 0 aliphatic rings. The van der Waals surface area contributed by atoms with Gasteiger partial charge < -0.3 is 10.4 Å². The van der Waals surface area contributed by atoms with Crippen molar-refractivity contribution in [3.8, 4) is 0 Å². The first-order valence-corrected chi connectivity index (χ1v) is 6.93. The number of carbonyl (C=O) groups is 1. The smallest absolute Gasteiger partial charge is 0.307 e. The van der Waals surface area contributed by atoms with Crippen molar-refractivity contribution >= 4 is 17.3 Å². The number of benzene rings is 1. The van der Waals surface area contributed by atoms with E-state index >= 15 is 0 Å². The molecule has 2 N–H and O–H groups in total. The zero-order valence-corrected chi connectivity index (χ0v) is 11.5. The van der Waals surface area contributed by atoms with Gasteiger partial charge in [0.15, 0.2) is 0 Å². The molecule has 0 spiro atoms. The van der Waals surface area contributed by atoms with Crippen LogP contribution in [0, 0.1) is 6.92 Å². The van der Waals surface area contributed by atoms with Crippen molar-refractivity contribution in [2.24, 2.45) is 0 Å². The first-order chi connectivity index (χ1) is 9.15. The predicted molar refractivity (Wildman–Crippen MR) is 75.2 cm³/mol. The van der Waals surface area contributed by atoms with E-state index in [2.05, 4.69) is 10.3 Å². The van der Waals surface area contributed by atoms with E-state index in [1.54, 1.807) is 11.3 Å². The van der Waals surface area contributed by atoms with Crippen LogP contribution in [0.2, 0.25) is 0 Å². The molecule has 0 bridgehead atoms. The quantitative estimate of drug-likeness (QED) is 0.850. The van der Waals surface area contributed by atoms with Crippen molar-refractivity contribution in [2.45, 2.75) is 26.4 Å². The van der Waals surface area contributed by atoms with Crippen LogP contribution in [0.3, 0.4) is 0 Å². The van der Waals surface area contributed by atoms with Crippen molar-refractivity contribution < 1.29 is 9.90 Å². The van der Waals surface area contributed by atoms with Gasteiger partial charge in [-0.05, 0) is 18.1 Å². The van der Waals surface area contributed by atoms with Crippen LogP contribution in [0.4, 0.5) is 0 Å². The first-order valence-electron chi connectivity index (χ1n) is 6.05. The molecule has 1 aromatic heterocycles. The molecule has 0 saturated heterocycles. The largest absolute Gasteiger partial charge is 0.481 e. The van der Waals surface area contributed by atoms with E-state index in [0.717, 1.165) is 21.8 Å². The highest BCUT2D eigenvalue weighted by Crippen LogP contribution is 2.11. The van der Waals surface area contributed by atoms with Crippen molar-refractivity contribution in [3.63, 3.8) is 0 Å². The summed E-state index contributed by atoms with van der Waals surface area (Å²) in [6.07, 6.45) is 0.0632. The Labute approximate surface area is 116 Å². The Morgan fingerprint density at radius 3 is 2.68 bits per heavy atom. The molecule has 5 heteroatoms. The predicted octanol–water partition coefficient (Wildman–Crippen LogP) is 2.37. The first kappa shape index (κ1) is 13.7. The van der Waals surface area contributed by atoms with E-state index in [-0.39, 0.29) is 6.42 Å². The number of thiazole rings is 1. The van der Waals surface area contributed by atoms with Crippen LogP contribution >= 0.6 is 11.3 Å². The standard InChI is InChI=1S/C14H16N2O2S/c1-10-16-13(9-19-10)8-15-7-12-5-3-2-4-11(12)6-14(17)18/h2-5,9,15H,6-8H2,1H3,(H,17,18). The number of rotatable bonds is 6. The van der Waals surface area contributed by atoms with Gasteiger partial charge in [-0.3, -0.25) is 4.79 Å². The molecule has 100 valence electrons. The molecule has 0 fully saturated rings. The van der Waals surface area contributed by atoms with Crippen molar-refractivity contribution in [1.29, 1.82) is 0 Å². The SMILES string of the molecule is Cc1nc(CNCc2ccccc2CC(=O)O)cs1. The second-order valence-corrected chi connectivity index (χ2v) is 5.36. The Balaban J connectivity index is 1.93. The summed E-state index contributed by atoms with van der Waals surface area (Å²) in [5.74, 6) is -0.803. The third-order valence-electron chi connectivity index (χ3n) is 2.75. The lowest BCUT2D eigenvalue weighted by molar-refractivity contribution is -0.136. The zero-order valence-electron chi connectivity index (χ0n) is 10.7. The maximum Gasteiger partial charge on any atom is 0.307 e. The van der Waals surface area contributed by atoms with Gasteiger partial charge in [0.25, 0.3) is 0 Å². The average Bonchev–Trinajstić information content (AvgIpc) is 2.77. The summed E-state index contributed by atoms with van der Waals surface area (Å²) in [4.78, 5) is 15.2. The number of nitrogens with one attached hydrogen (secondary N) is 1. The number of aromatic nitrogens is 1. The Bertz CT molecular complexity index is 566. The Morgan fingerprint density at radius 2 is 2.05 bits per heavy atom. The molecule has 1 heterocycles. The molecule has 4 nitrogen and oxygen atoms in total. The van der Waals surface area contributed by atoms with Crippen LogP contribution in [0.5, 0.6) is 0 Å². The lowest BCUT2D eigenvalue weighted by Crippen LogP contribution is -2.15. The minimum Gasteiger partial charge on any atom is -0.481 e. The molecule has 0 aliphatic carbocycles. The topological polar surface area (TPSA) is 62.2 Å². The molecule has 0 saturated carbocycles. The lowest BCUT2D eigenvalue weighted by Gasteiger charge is -2.08. The van der Waals surface area contributed by atoms with Crippen LogP contribution in [0.1, 0.15) is 21.8 Å². The summed E-state index contributed by atoms with van der Waals surface area (Å²) in [5, 5.41) is 15.3. The van der Waals surface area contributed by atoms with E-state index in [0.29, 0.717) is 13.1 Å². The maximum atomic E-state index is 10.8. The fourth-order valence-corrected chi connectivity index (χ4v) is 2.49. The van der Waals surface area contributed by atoms with Crippen LogP contribution in [0.25, 0.3) is 0 Å². The van der Waals surface area contributed by atoms with Gasteiger partial charge in [0, 0.05) is 18.5 Å². The minimum absolute atomic E-state index is 0.0632. The fraction of sp³-hybridized carbons (Fsp3) is 0.286. The summed E-state index contributed by atoms with van der Waals surface area (Å²) < 4.78 is 0. The van der Waals surface area contributed by atoms with Gasteiger partial charge in [-0.25, -0.2) is 4.98 Å². The third-order valence-corrected chi connectivity index (χ3v) is 3.57. The number of aliphatic carboxylic acids is 1. The van der Waals surface area contributed by atoms with E-state index in [1.807, 2.05) is 36.6 Å². The minimum atomic E-state index is -0.803. The molecule has 0 amide bonds. The van der Waals surface area contributed by atoms with Crippen molar-refractivity contribution in [1.82, 2.24) is 10.3 Å². The number of carboxylic acid groups (broad SMARTS) is 1. The number of aryl methyl sites for hydroxylation is 1. The Morgan fingerprint density at radius 1 is 1.32 bits per heavy atom. The van der Waals surface area contributed by atoms with Crippen molar-refractivity contribution in [3.05, 3.63) is 51.5 Å². The molecule has 0 radical (unpaired) electrons. The van der Waals surface area contributed by atoms with Gasteiger partial charge >= 0.3 is 5.97 Å². The van der Waals surface area contributed by atoms with Gasteiger partial charge in [-0.15, -0.1) is 11.3 Å². The van der Waals surface area contributed by atoms with Gasteiger partial charge in [0.1, 0.15) is 0 Å². The summed E-state index contributed by atoms with van der Waals surface area (Å²) in [5.41, 5.74) is 2.91. The summed E-state index contributed by atoms with van der Waals surface area (Å²) >= 11 is 1.63. The summed E-state index contributed by atoms with van der Waals surface area (Å²) in [7, 11) is 0. The molecule has 19 heavy (non-hydrogen) atoms. The van der Waals surface area contributed by atoms with Crippen LogP contribution in [-0.2, 0) is 24.3 Å². The van der Waals surface area contributed by atoms with Gasteiger partial charge in [0.2, 0.25) is 0 Å². The average molecular weight is 276 g/mol. The van der Waals surface area contributed by atoms with Crippen LogP contribution in [-0.4, -0.2) is 16.1 Å². The van der Waals surface area contributed by atoms with E-state index < -0.39 is 5.97 Å². The second kappa shape index (κ2) is 6.45. The normalized spacial score (nSPS) is 10.6. The fourth-order valence-electron chi connectivity index (χ4n) is 1.88. The van der Waals surface area contributed by atoms with Gasteiger partial charge in [-0.2, -0.15) is 0 Å². The zero-order chi connectivity index (χ0) is 13.7. The van der Waals surface area contributed by atoms with Crippen LogP contribution in [0.15, 0.2) is 29.6 Å². The van der Waals surface area contributed by atoms with Crippen LogP contribution < -0.4 is 5.32 Å². The highest BCUT2D eigenvalue weighted by Gasteiger charge is 2.06. The monoisotopic (exact) mass is 276 g/mol. The molecule has 2 rings (SSSR count). The van der Waals surface area contributed by atoms with Gasteiger partial charge in [-0.1, -0.05) is 24.3 Å².